The first-order valence-electron chi connectivity index (χ1n) is 7.08. The summed E-state index contributed by atoms with van der Waals surface area (Å²) in [5, 5.41) is 1.31. The molecule has 3 heteroatoms. The number of aromatic nitrogens is 1. The van der Waals surface area contributed by atoms with Gasteiger partial charge in [-0.1, -0.05) is 13.3 Å². The van der Waals surface area contributed by atoms with E-state index in [0.717, 1.165) is 49.4 Å². The lowest BCUT2D eigenvalue weighted by atomic mass is 10.0. The van der Waals surface area contributed by atoms with Gasteiger partial charge in [0, 0.05) is 23.5 Å². The third kappa shape index (κ3) is 2.25. The van der Waals surface area contributed by atoms with E-state index in [2.05, 4.69) is 42.0 Å². The molecule has 2 heterocycles. The van der Waals surface area contributed by atoms with Crippen molar-refractivity contribution < 1.29 is 4.74 Å². The highest BCUT2D eigenvalue weighted by Crippen LogP contribution is 2.29. The van der Waals surface area contributed by atoms with Crippen LogP contribution in [0.4, 0.5) is 0 Å². The van der Waals surface area contributed by atoms with Crippen LogP contribution in [0.3, 0.4) is 0 Å². The smallest absolute Gasteiger partial charge is 0.121 e. The van der Waals surface area contributed by atoms with Crippen molar-refractivity contribution in [3.05, 3.63) is 29.5 Å². The average molecular weight is 256 g/mol. The van der Waals surface area contributed by atoms with E-state index in [9.17, 15) is 0 Å². The average Bonchev–Trinajstić information content (AvgIpc) is 2.79. The number of rotatable bonds is 4. The van der Waals surface area contributed by atoms with Crippen LogP contribution in [0.25, 0.3) is 10.9 Å². The summed E-state index contributed by atoms with van der Waals surface area (Å²) in [6, 6.07) is 6.36. The molecule has 0 atom stereocenters. The Balaban J connectivity index is 1.94. The fourth-order valence-corrected chi connectivity index (χ4v) is 2.64. The van der Waals surface area contributed by atoms with Crippen molar-refractivity contribution >= 4 is 16.6 Å². The Labute approximate surface area is 113 Å². The van der Waals surface area contributed by atoms with Crippen LogP contribution in [0.15, 0.2) is 23.2 Å². The molecule has 1 aliphatic rings. The number of aromatic amines is 1. The molecule has 2 aromatic rings. The van der Waals surface area contributed by atoms with Crippen molar-refractivity contribution in [2.24, 2.45) is 4.99 Å². The summed E-state index contributed by atoms with van der Waals surface area (Å²) >= 11 is 0. The molecule has 0 radical (unpaired) electrons. The lowest BCUT2D eigenvalue weighted by Crippen LogP contribution is -2.08. The minimum atomic E-state index is 0.795. The number of hydrogen-bond donors (Lipinski definition) is 1. The SMILES string of the molecule is CCCCOc1ccc2c3c([nH]c2c1)C(C)=NCC3. The molecular weight excluding hydrogens is 236 g/mol. The van der Waals surface area contributed by atoms with E-state index in [0.29, 0.717) is 0 Å². The first kappa shape index (κ1) is 12.3. The predicted molar refractivity (Wildman–Crippen MR) is 79.5 cm³/mol. The lowest BCUT2D eigenvalue weighted by Gasteiger charge is -2.09. The summed E-state index contributed by atoms with van der Waals surface area (Å²) in [6.07, 6.45) is 3.29. The van der Waals surface area contributed by atoms with Crippen LogP contribution in [-0.4, -0.2) is 23.8 Å². The molecule has 0 aliphatic carbocycles. The molecule has 3 rings (SSSR count). The molecule has 1 aromatic heterocycles. The molecule has 100 valence electrons. The molecule has 0 saturated heterocycles. The molecule has 0 saturated carbocycles. The first-order valence-corrected chi connectivity index (χ1v) is 7.08. The van der Waals surface area contributed by atoms with Gasteiger partial charge in [0.2, 0.25) is 0 Å². The van der Waals surface area contributed by atoms with Crippen LogP contribution >= 0.6 is 0 Å². The van der Waals surface area contributed by atoms with E-state index in [1.54, 1.807) is 0 Å². The maximum absolute atomic E-state index is 5.76. The van der Waals surface area contributed by atoms with E-state index in [1.807, 2.05) is 0 Å². The normalized spacial score (nSPS) is 14.3. The number of fused-ring (bicyclic) bond motifs is 3. The largest absolute Gasteiger partial charge is 0.494 e. The van der Waals surface area contributed by atoms with Gasteiger partial charge in [-0.25, -0.2) is 0 Å². The number of unbranched alkanes of at least 4 members (excludes halogenated alkanes) is 1. The molecule has 1 N–H and O–H groups in total. The van der Waals surface area contributed by atoms with Crippen LogP contribution in [0.5, 0.6) is 5.75 Å². The van der Waals surface area contributed by atoms with Gasteiger partial charge in [-0.15, -0.1) is 0 Å². The van der Waals surface area contributed by atoms with Gasteiger partial charge in [-0.3, -0.25) is 4.99 Å². The van der Waals surface area contributed by atoms with Crippen molar-refractivity contribution in [2.45, 2.75) is 33.1 Å². The Kier molecular flexibility index (Phi) is 3.28. The van der Waals surface area contributed by atoms with Gasteiger partial charge in [-0.05, 0) is 37.5 Å². The second-order valence-corrected chi connectivity index (χ2v) is 5.11. The number of nitrogens with zero attached hydrogens (tertiary/aromatic N) is 1. The number of aliphatic imine (C=N–C) groups is 1. The molecule has 3 nitrogen and oxygen atoms in total. The third-order valence-corrected chi connectivity index (χ3v) is 3.72. The maximum atomic E-state index is 5.76. The Morgan fingerprint density at radius 1 is 1.37 bits per heavy atom. The highest BCUT2D eigenvalue weighted by Gasteiger charge is 2.16. The fourth-order valence-electron chi connectivity index (χ4n) is 2.64. The van der Waals surface area contributed by atoms with Crippen LogP contribution < -0.4 is 4.74 Å². The number of ether oxygens (including phenoxy) is 1. The summed E-state index contributed by atoms with van der Waals surface area (Å²) in [6.45, 7) is 5.95. The van der Waals surface area contributed by atoms with Gasteiger partial charge in [-0.2, -0.15) is 0 Å². The molecule has 1 aromatic carbocycles. The van der Waals surface area contributed by atoms with Crippen LogP contribution in [0.1, 0.15) is 37.9 Å². The molecule has 0 spiro atoms. The number of H-pyrrole nitrogens is 1. The van der Waals surface area contributed by atoms with Gasteiger partial charge in [0.05, 0.1) is 18.0 Å². The quantitative estimate of drug-likeness (QED) is 0.832. The zero-order valence-corrected chi connectivity index (χ0v) is 11.6. The van der Waals surface area contributed by atoms with Crippen molar-refractivity contribution in [1.82, 2.24) is 4.98 Å². The Morgan fingerprint density at radius 3 is 3.11 bits per heavy atom. The molecule has 0 amide bonds. The van der Waals surface area contributed by atoms with E-state index < -0.39 is 0 Å². The summed E-state index contributed by atoms with van der Waals surface area (Å²) in [5.41, 5.74) is 4.89. The minimum absolute atomic E-state index is 0.795. The van der Waals surface area contributed by atoms with Crippen molar-refractivity contribution in [3.8, 4) is 5.75 Å². The van der Waals surface area contributed by atoms with E-state index in [-0.39, 0.29) is 0 Å². The molecular formula is C16H20N2O. The van der Waals surface area contributed by atoms with Gasteiger partial charge in [0.15, 0.2) is 0 Å². The minimum Gasteiger partial charge on any atom is -0.494 e. The zero-order chi connectivity index (χ0) is 13.2. The second-order valence-electron chi connectivity index (χ2n) is 5.11. The monoisotopic (exact) mass is 256 g/mol. The van der Waals surface area contributed by atoms with Gasteiger partial charge >= 0.3 is 0 Å². The molecule has 0 unspecified atom stereocenters. The summed E-state index contributed by atoms with van der Waals surface area (Å²) in [5.74, 6) is 0.953. The Morgan fingerprint density at radius 2 is 2.26 bits per heavy atom. The predicted octanol–water partition coefficient (Wildman–Crippen LogP) is 3.71. The van der Waals surface area contributed by atoms with Gasteiger partial charge in [0.25, 0.3) is 0 Å². The van der Waals surface area contributed by atoms with Crippen molar-refractivity contribution in [2.75, 3.05) is 13.2 Å². The topological polar surface area (TPSA) is 37.4 Å². The zero-order valence-electron chi connectivity index (χ0n) is 11.6. The Bertz CT molecular complexity index is 625. The van der Waals surface area contributed by atoms with Crippen LogP contribution in [0, 0.1) is 0 Å². The highest BCUT2D eigenvalue weighted by atomic mass is 16.5. The maximum Gasteiger partial charge on any atom is 0.121 e. The number of nitrogens with one attached hydrogen (secondary N) is 1. The van der Waals surface area contributed by atoms with Crippen molar-refractivity contribution in [1.29, 1.82) is 0 Å². The van der Waals surface area contributed by atoms with Crippen molar-refractivity contribution in [3.63, 3.8) is 0 Å². The van der Waals surface area contributed by atoms with E-state index in [1.165, 1.54) is 16.6 Å². The molecule has 1 aliphatic heterocycles. The first-order chi connectivity index (χ1) is 9.29. The summed E-state index contributed by atoms with van der Waals surface area (Å²) < 4.78 is 5.76. The summed E-state index contributed by atoms with van der Waals surface area (Å²) in [7, 11) is 0. The Hall–Kier alpha value is -1.77. The van der Waals surface area contributed by atoms with Gasteiger partial charge in [0.1, 0.15) is 5.75 Å². The second kappa shape index (κ2) is 5.08. The number of benzene rings is 1. The molecule has 19 heavy (non-hydrogen) atoms. The standard InChI is InChI=1S/C16H20N2O/c1-3-4-9-19-12-5-6-13-14-7-8-17-11(2)16(14)18-15(13)10-12/h5-6,10,18H,3-4,7-9H2,1-2H3. The van der Waals surface area contributed by atoms with Gasteiger partial charge < -0.3 is 9.72 Å². The number of hydrogen-bond acceptors (Lipinski definition) is 2. The fraction of sp³-hybridized carbons (Fsp3) is 0.438. The molecule has 0 fully saturated rings. The third-order valence-electron chi connectivity index (χ3n) is 3.72. The van der Waals surface area contributed by atoms with Crippen LogP contribution in [0.2, 0.25) is 0 Å². The van der Waals surface area contributed by atoms with Crippen LogP contribution in [-0.2, 0) is 6.42 Å². The van der Waals surface area contributed by atoms with E-state index in [4.69, 9.17) is 4.74 Å². The summed E-state index contributed by atoms with van der Waals surface area (Å²) in [4.78, 5) is 7.99. The molecule has 0 bridgehead atoms. The van der Waals surface area contributed by atoms with E-state index >= 15 is 0 Å². The highest BCUT2D eigenvalue weighted by molar-refractivity contribution is 6.05. The lowest BCUT2D eigenvalue weighted by molar-refractivity contribution is 0.310.